The summed E-state index contributed by atoms with van der Waals surface area (Å²) < 4.78 is 0. The molecule has 1 aliphatic rings. The molecule has 0 saturated carbocycles. The van der Waals surface area contributed by atoms with Gasteiger partial charge in [-0.15, -0.1) is 23.7 Å². The zero-order valence-corrected chi connectivity index (χ0v) is 14.3. The lowest BCUT2D eigenvalue weighted by atomic mass is 9.95. The zero-order valence-electron chi connectivity index (χ0n) is 12.6. The van der Waals surface area contributed by atoms with Crippen LogP contribution >= 0.6 is 23.7 Å². The van der Waals surface area contributed by atoms with E-state index in [1.807, 2.05) is 17.9 Å². The molecule has 1 aliphatic heterocycles. The van der Waals surface area contributed by atoms with Gasteiger partial charge in [0.15, 0.2) is 0 Å². The molecule has 0 fully saturated rings. The van der Waals surface area contributed by atoms with Gasteiger partial charge in [-0.2, -0.15) is 0 Å². The largest absolute Gasteiger partial charge is 0.336 e. The Hall–Kier alpha value is -1.36. The number of amides is 1. The third-order valence-electron chi connectivity index (χ3n) is 4.00. The summed E-state index contributed by atoms with van der Waals surface area (Å²) >= 11 is 1.70. The van der Waals surface area contributed by atoms with Crippen molar-refractivity contribution in [2.24, 2.45) is 0 Å². The first kappa shape index (κ1) is 17.0. The molecule has 1 amide bonds. The highest BCUT2D eigenvalue weighted by molar-refractivity contribution is 7.09. The molecule has 0 bridgehead atoms. The lowest BCUT2D eigenvalue weighted by molar-refractivity contribution is -0.134. The second-order valence-electron chi connectivity index (χ2n) is 5.34. The maximum atomic E-state index is 12.7. The van der Waals surface area contributed by atoms with Gasteiger partial charge in [0.1, 0.15) is 0 Å². The quantitative estimate of drug-likeness (QED) is 0.929. The van der Waals surface area contributed by atoms with Gasteiger partial charge in [-0.3, -0.25) is 4.79 Å². The molecule has 0 spiro atoms. The molecule has 2 heterocycles. The van der Waals surface area contributed by atoms with Gasteiger partial charge in [0.25, 0.3) is 0 Å². The first-order valence-electron chi connectivity index (χ1n) is 7.39. The topological polar surface area (TPSA) is 32.3 Å². The molecule has 0 aliphatic carbocycles. The summed E-state index contributed by atoms with van der Waals surface area (Å²) in [5.41, 5.74) is 2.60. The first-order chi connectivity index (χ1) is 10.3. The van der Waals surface area contributed by atoms with Crippen molar-refractivity contribution in [2.75, 3.05) is 6.54 Å². The van der Waals surface area contributed by atoms with Crippen molar-refractivity contribution in [1.82, 2.24) is 10.2 Å². The van der Waals surface area contributed by atoms with Gasteiger partial charge in [-0.25, -0.2) is 0 Å². The molecule has 3 nitrogen and oxygen atoms in total. The van der Waals surface area contributed by atoms with Crippen LogP contribution in [0.25, 0.3) is 0 Å². The molecule has 2 aromatic rings. The van der Waals surface area contributed by atoms with Gasteiger partial charge in [0.2, 0.25) is 5.91 Å². The van der Waals surface area contributed by atoms with E-state index in [0.29, 0.717) is 6.54 Å². The van der Waals surface area contributed by atoms with Crippen LogP contribution in [0.4, 0.5) is 0 Å². The van der Waals surface area contributed by atoms with Gasteiger partial charge in [0.05, 0.1) is 12.6 Å². The number of benzene rings is 1. The smallest absolute Gasteiger partial charge is 0.240 e. The molecular formula is C17H21ClN2OS. The molecule has 0 radical (unpaired) electrons. The summed E-state index contributed by atoms with van der Waals surface area (Å²) in [7, 11) is 0. The Kier molecular flexibility index (Phi) is 6.00. The van der Waals surface area contributed by atoms with Crippen LogP contribution in [0.3, 0.4) is 0 Å². The van der Waals surface area contributed by atoms with Crippen LogP contribution in [-0.4, -0.2) is 23.4 Å². The summed E-state index contributed by atoms with van der Waals surface area (Å²) in [5.74, 6) is 0.209. The summed E-state index contributed by atoms with van der Waals surface area (Å²) in [6.07, 6.45) is 0.788. The van der Waals surface area contributed by atoms with E-state index in [0.717, 1.165) is 19.5 Å². The average Bonchev–Trinajstić information content (AvgIpc) is 3.04. The lowest BCUT2D eigenvalue weighted by Crippen LogP contribution is -2.49. The Labute approximate surface area is 141 Å². The SMILES string of the molecule is CCN(Cc1cccs1)C(=O)C1Cc2ccccc2CN1.Cl. The highest BCUT2D eigenvalue weighted by atomic mass is 35.5. The summed E-state index contributed by atoms with van der Waals surface area (Å²) in [5, 5.41) is 5.44. The van der Waals surface area contributed by atoms with Crippen molar-refractivity contribution in [1.29, 1.82) is 0 Å². The average molecular weight is 337 g/mol. The van der Waals surface area contributed by atoms with Crippen molar-refractivity contribution in [3.8, 4) is 0 Å². The number of hydrogen-bond donors (Lipinski definition) is 1. The maximum absolute atomic E-state index is 12.7. The van der Waals surface area contributed by atoms with Crippen LogP contribution in [0, 0.1) is 0 Å². The lowest BCUT2D eigenvalue weighted by Gasteiger charge is -2.30. The first-order valence-corrected chi connectivity index (χ1v) is 8.27. The van der Waals surface area contributed by atoms with Gasteiger partial charge < -0.3 is 10.2 Å². The number of carbonyl (C=O) groups excluding carboxylic acids is 1. The van der Waals surface area contributed by atoms with Gasteiger partial charge >= 0.3 is 0 Å². The number of rotatable bonds is 4. The number of likely N-dealkylation sites (N-methyl/N-ethyl adjacent to an activating group) is 1. The third kappa shape index (κ3) is 3.69. The Morgan fingerprint density at radius 3 is 2.73 bits per heavy atom. The van der Waals surface area contributed by atoms with E-state index < -0.39 is 0 Å². The monoisotopic (exact) mass is 336 g/mol. The molecule has 5 heteroatoms. The van der Waals surface area contributed by atoms with Crippen LogP contribution in [0.2, 0.25) is 0 Å². The minimum Gasteiger partial charge on any atom is -0.336 e. The molecule has 3 rings (SSSR count). The molecule has 118 valence electrons. The third-order valence-corrected chi connectivity index (χ3v) is 4.86. The Morgan fingerprint density at radius 1 is 1.27 bits per heavy atom. The second kappa shape index (κ2) is 7.77. The van der Waals surface area contributed by atoms with E-state index >= 15 is 0 Å². The highest BCUT2D eigenvalue weighted by Crippen LogP contribution is 2.19. The number of nitrogens with one attached hydrogen (secondary N) is 1. The molecule has 1 aromatic carbocycles. The summed E-state index contributed by atoms with van der Waals surface area (Å²) in [4.78, 5) is 15.9. The van der Waals surface area contributed by atoms with E-state index in [2.05, 4.69) is 41.0 Å². The van der Waals surface area contributed by atoms with Gasteiger partial charge in [-0.1, -0.05) is 30.3 Å². The van der Waals surface area contributed by atoms with Crippen LogP contribution in [0.5, 0.6) is 0 Å². The normalized spacial score (nSPS) is 16.5. The van der Waals surface area contributed by atoms with Crippen LogP contribution < -0.4 is 5.32 Å². The molecule has 1 unspecified atom stereocenters. The molecular weight excluding hydrogens is 316 g/mol. The van der Waals surface area contributed by atoms with E-state index in [9.17, 15) is 4.79 Å². The number of carbonyl (C=O) groups is 1. The number of halogens is 1. The minimum absolute atomic E-state index is 0. The van der Waals surface area contributed by atoms with Gasteiger partial charge in [-0.05, 0) is 35.9 Å². The Bertz CT molecular complexity index is 615. The standard InChI is InChI=1S/C17H20N2OS.ClH/c1-2-19(12-15-8-5-9-21-15)17(20)16-10-13-6-3-4-7-14(13)11-18-16;/h3-9,16,18H,2,10-12H2,1H3;1H. The van der Waals surface area contributed by atoms with Crippen molar-refractivity contribution >= 4 is 29.7 Å². The fraction of sp³-hybridized carbons (Fsp3) is 0.353. The minimum atomic E-state index is -0.0974. The van der Waals surface area contributed by atoms with E-state index in [1.165, 1.54) is 16.0 Å². The number of nitrogens with zero attached hydrogens (tertiary/aromatic N) is 1. The van der Waals surface area contributed by atoms with Crippen LogP contribution in [-0.2, 0) is 24.3 Å². The van der Waals surface area contributed by atoms with E-state index in [4.69, 9.17) is 0 Å². The number of hydrogen-bond acceptors (Lipinski definition) is 3. The molecule has 1 N–H and O–H groups in total. The van der Waals surface area contributed by atoms with E-state index in [1.54, 1.807) is 11.3 Å². The molecule has 1 atom stereocenters. The predicted molar refractivity (Wildman–Crippen MR) is 93.4 cm³/mol. The van der Waals surface area contributed by atoms with E-state index in [-0.39, 0.29) is 24.4 Å². The van der Waals surface area contributed by atoms with Crippen molar-refractivity contribution in [2.45, 2.75) is 32.5 Å². The fourth-order valence-corrected chi connectivity index (χ4v) is 3.50. The summed E-state index contributed by atoms with van der Waals surface area (Å²) in [6.45, 7) is 4.29. The van der Waals surface area contributed by atoms with Crippen molar-refractivity contribution < 1.29 is 4.79 Å². The predicted octanol–water partition coefficient (Wildman–Crippen LogP) is 3.23. The number of fused-ring (bicyclic) bond motifs is 1. The Morgan fingerprint density at radius 2 is 2.05 bits per heavy atom. The second-order valence-corrected chi connectivity index (χ2v) is 6.37. The Balaban J connectivity index is 0.00000176. The number of thiophene rings is 1. The van der Waals surface area contributed by atoms with Gasteiger partial charge in [0, 0.05) is 18.0 Å². The van der Waals surface area contributed by atoms with Crippen LogP contribution in [0.1, 0.15) is 22.9 Å². The molecule has 1 aromatic heterocycles. The fourth-order valence-electron chi connectivity index (χ4n) is 2.79. The molecule has 0 saturated heterocycles. The summed E-state index contributed by atoms with van der Waals surface area (Å²) in [6, 6.07) is 12.4. The van der Waals surface area contributed by atoms with Crippen molar-refractivity contribution in [3.05, 3.63) is 57.8 Å². The molecule has 22 heavy (non-hydrogen) atoms. The maximum Gasteiger partial charge on any atom is 0.240 e. The van der Waals surface area contributed by atoms with Crippen molar-refractivity contribution in [3.63, 3.8) is 0 Å². The zero-order chi connectivity index (χ0) is 14.7. The highest BCUT2D eigenvalue weighted by Gasteiger charge is 2.27. The van der Waals surface area contributed by atoms with Crippen LogP contribution in [0.15, 0.2) is 41.8 Å².